The molecule has 0 spiro atoms. The molecule has 0 aromatic heterocycles. The number of nitrogens with one attached hydrogen (secondary N) is 3. The smallest absolute Gasteiger partial charge is 0.351 e. The van der Waals surface area contributed by atoms with Gasteiger partial charge in [0.15, 0.2) is 5.43 Å². The van der Waals surface area contributed by atoms with Crippen molar-refractivity contribution in [2.45, 2.75) is 49.0 Å². The summed E-state index contributed by atoms with van der Waals surface area (Å²) in [6.45, 7) is -3.06. The summed E-state index contributed by atoms with van der Waals surface area (Å²) in [5.41, 5.74) is 5.30. The number of nitrogens with two attached hydrogens (primary N) is 1. The Morgan fingerprint density at radius 2 is 1.59 bits per heavy atom. The molecule has 0 saturated carbocycles. The third-order valence-electron chi connectivity index (χ3n) is 12.7. The average molecular weight is 1120 g/mol. The third kappa shape index (κ3) is 16.1. The van der Waals surface area contributed by atoms with E-state index in [1.54, 1.807) is 41.3 Å². The number of carbonyl (C=O) groups is 7. The monoisotopic (exact) mass is 1120 g/mol. The molecule has 2 aromatic rings. The minimum atomic E-state index is -2.54. The minimum absolute atomic E-state index is 0.00659. The fraction of sp³-hybridized carbons (Fsp3) is 0.480. The van der Waals surface area contributed by atoms with Gasteiger partial charge in [0.1, 0.15) is 48.6 Å². The lowest BCUT2D eigenvalue weighted by atomic mass is 9.88. The number of phenols is 1. The Morgan fingerprint density at radius 1 is 0.872 bits per heavy atom. The van der Waals surface area contributed by atoms with Crippen molar-refractivity contribution in [1.82, 2.24) is 30.7 Å². The van der Waals surface area contributed by atoms with Gasteiger partial charge in [0.05, 0.1) is 58.3 Å². The van der Waals surface area contributed by atoms with Crippen molar-refractivity contribution >= 4 is 64.5 Å². The number of halogens is 1. The van der Waals surface area contributed by atoms with Crippen LogP contribution in [0, 0.1) is 0 Å². The molecule has 26 nitrogen and oxygen atoms in total. The zero-order valence-electron chi connectivity index (χ0n) is 42.1. The van der Waals surface area contributed by atoms with Crippen molar-refractivity contribution in [2.75, 3.05) is 104 Å². The number of aliphatic carboxylic acids is 1. The first-order valence-electron chi connectivity index (χ1n) is 24.6. The van der Waals surface area contributed by atoms with E-state index < -0.39 is 105 Å². The summed E-state index contributed by atoms with van der Waals surface area (Å²) in [7, 11) is 0. The number of carbonyl (C=O) groups excluding carboxylic acids is 6. The van der Waals surface area contributed by atoms with Crippen molar-refractivity contribution in [3.05, 3.63) is 76.5 Å². The van der Waals surface area contributed by atoms with Gasteiger partial charge in [-0.3, -0.25) is 39.3 Å². The number of benzene rings is 3. The molecule has 3 heterocycles. The molecule has 0 radical (unpaired) electrons. The van der Waals surface area contributed by atoms with Gasteiger partial charge < -0.3 is 84.7 Å². The summed E-state index contributed by atoms with van der Waals surface area (Å²) in [5.74, 6) is -5.28. The number of piperazine rings is 1. The quantitative estimate of drug-likeness (QED) is 0.0223. The number of amides is 6. The van der Waals surface area contributed by atoms with Crippen LogP contribution >= 0.6 is 12.1 Å². The molecular weight excluding hydrogens is 1050 g/mol. The van der Waals surface area contributed by atoms with Crippen LogP contribution in [0.1, 0.15) is 23.2 Å². The van der Waals surface area contributed by atoms with E-state index in [0.29, 0.717) is 33.2 Å². The highest BCUT2D eigenvalue weighted by Gasteiger charge is 2.53. The number of aliphatic hydroxyl groups excluding tert-OH is 4. The van der Waals surface area contributed by atoms with Gasteiger partial charge in [-0.2, -0.15) is 3.89 Å². The highest BCUT2D eigenvalue weighted by molar-refractivity contribution is 7.94. The molecule has 424 valence electrons. The van der Waals surface area contributed by atoms with Gasteiger partial charge in [-0.15, -0.1) is 0 Å². The predicted octanol–water partition coefficient (Wildman–Crippen LogP) is -2.24. The van der Waals surface area contributed by atoms with E-state index in [1.807, 2.05) is 0 Å². The maximum atomic E-state index is 14.2. The number of carboxylic acid groups (broad SMARTS) is 1. The van der Waals surface area contributed by atoms with Crippen LogP contribution in [0.3, 0.4) is 0 Å². The molecule has 11 N–H and O–H groups in total. The van der Waals surface area contributed by atoms with Crippen molar-refractivity contribution in [3.8, 4) is 28.2 Å². The van der Waals surface area contributed by atoms with Crippen molar-refractivity contribution in [1.29, 1.82) is 0 Å². The van der Waals surface area contributed by atoms with Gasteiger partial charge in [0, 0.05) is 104 Å². The number of aromatic hydroxyl groups is 1. The zero-order chi connectivity index (χ0) is 56.5. The number of hydrogen-bond acceptors (Lipinski definition) is 20. The van der Waals surface area contributed by atoms with E-state index >= 15 is 0 Å². The van der Waals surface area contributed by atoms with E-state index in [9.17, 15) is 72.9 Å². The summed E-state index contributed by atoms with van der Waals surface area (Å²) < 4.78 is 40.0. The zero-order valence-corrected chi connectivity index (χ0v) is 42.9. The molecule has 28 heteroatoms. The normalized spacial score (nSPS) is 19.2. The second kappa shape index (κ2) is 28.7. The molecule has 2 aromatic carbocycles. The molecule has 0 bridgehead atoms. The molecule has 3 aliphatic heterocycles. The maximum absolute atomic E-state index is 14.2. The van der Waals surface area contributed by atoms with E-state index in [4.69, 9.17) is 29.1 Å². The van der Waals surface area contributed by atoms with Crippen LogP contribution in [0.5, 0.6) is 5.75 Å². The Labute approximate surface area is 449 Å². The molecular formula is C50H62FN7O19S. The molecule has 1 aliphatic carbocycles. The maximum Gasteiger partial charge on any atom is 0.351 e. The van der Waals surface area contributed by atoms with Crippen LogP contribution in [0.25, 0.3) is 33.4 Å². The van der Waals surface area contributed by atoms with Crippen molar-refractivity contribution in [3.63, 3.8) is 0 Å². The number of phenolic OH excluding ortho intramolecular Hbond substituents is 1. The summed E-state index contributed by atoms with van der Waals surface area (Å²) in [6, 6.07) is 14.3. The molecule has 6 atom stereocenters. The summed E-state index contributed by atoms with van der Waals surface area (Å²) in [6.07, 6.45) is -8.31. The number of carboxylic acids is 1. The van der Waals surface area contributed by atoms with E-state index in [0.717, 1.165) is 4.90 Å². The van der Waals surface area contributed by atoms with Crippen LogP contribution in [-0.4, -0.2) is 227 Å². The van der Waals surface area contributed by atoms with E-state index in [2.05, 4.69) is 16.0 Å². The van der Waals surface area contributed by atoms with Crippen molar-refractivity contribution < 1.29 is 91.5 Å². The number of nitrogens with zero attached hydrogens (tertiary/aromatic N) is 3. The van der Waals surface area contributed by atoms with Crippen LogP contribution in [0.2, 0.25) is 0 Å². The van der Waals surface area contributed by atoms with Gasteiger partial charge in [-0.25, -0.2) is 4.79 Å². The van der Waals surface area contributed by atoms with Gasteiger partial charge in [0.25, 0.3) is 5.91 Å². The van der Waals surface area contributed by atoms with Crippen LogP contribution < -0.4 is 27.1 Å². The lowest BCUT2D eigenvalue weighted by Crippen LogP contribution is -2.70. The largest absolute Gasteiger partial charge is 0.508 e. The lowest BCUT2D eigenvalue weighted by Gasteiger charge is -2.45. The highest BCUT2D eigenvalue weighted by atomic mass is 32.2. The Bertz CT molecular complexity index is 2780. The van der Waals surface area contributed by atoms with Crippen LogP contribution in [0.15, 0.2) is 69.9 Å². The molecule has 78 heavy (non-hydrogen) atoms. The van der Waals surface area contributed by atoms with Crippen molar-refractivity contribution in [2.24, 2.45) is 5.73 Å². The molecule has 6 amide bonds. The molecule has 6 rings (SSSR count). The molecule has 0 unspecified atom stereocenters. The number of hydrogen-bond donors (Lipinski definition) is 10. The Kier molecular flexibility index (Phi) is 22.2. The van der Waals surface area contributed by atoms with Gasteiger partial charge in [-0.1, -0.05) is 18.2 Å². The first kappa shape index (κ1) is 60.4. The first-order valence-corrected chi connectivity index (χ1v) is 25.5. The van der Waals surface area contributed by atoms with E-state index in [1.165, 1.54) is 29.2 Å². The fourth-order valence-corrected chi connectivity index (χ4v) is 8.90. The molecule has 4 aliphatic rings. The number of ether oxygens (including phenoxy) is 4. The summed E-state index contributed by atoms with van der Waals surface area (Å²) in [5, 5.41) is 68.3. The first-order chi connectivity index (χ1) is 37.3. The summed E-state index contributed by atoms with van der Waals surface area (Å²) >= 11 is 0.0519. The average Bonchev–Trinajstić information content (AvgIpc) is 3.57. The highest BCUT2D eigenvalue weighted by Crippen LogP contribution is 2.42. The minimum Gasteiger partial charge on any atom is -0.508 e. The molecule has 2 saturated heterocycles. The Balaban J connectivity index is 1.02. The fourth-order valence-electron chi connectivity index (χ4n) is 8.64. The predicted molar refractivity (Wildman–Crippen MR) is 273 cm³/mol. The SMILES string of the molecule is N[C@]1(C(=O)O)C[C@H](O)[C@@H](NC(=O)CNC(=O)CN(CCOCCOCCNC(=O)CCSF)C(=O)COCC(=O)N2CCN(C(=O)c3ccccc3-c3c4ccc(=O)cc-4oc4cc(O)ccc34)CC2)[C@H]([C@H](O)[C@H](O)CO)O1. The number of aliphatic hydroxyl groups is 4. The second-order valence-electron chi connectivity index (χ2n) is 18.1. The van der Waals surface area contributed by atoms with Gasteiger partial charge in [0.2, 0.25) is 35.3 Å². The lowest BCUT2D eigenvalue weighted by molar-refractivity contribution is -0.228. The number of fused-ring (bicyclic) bond motifs is 2. The topological polar surface area (TPSA) is 380 Å². The Morgan fingerprint density at radius 3 is 2.31 bits per heavy atom. The van der Waals surface area contributed by atoms with Gasteiger partial charge in [-0.05, 0) is 35.9 Å². The van der Waals surface area contributed by atoms with Gasteiger partial charge >= 0.3 is 5.97 Å². The summed E-state index contributed by atoms with van der Waals surface area (Å²) in [4.78, 5) is 107. The molecule has 2 fully saturated rings. The number of rotatable bonds is 27. The van der Waals surface area contributed by atoms with Crippen LogP contribution in [0.4, 0.5) is 3.89 Å². The van der Waals surface area contributed by atoms with Crippen LogP contribution in [-0.2, 0) is 47.7 Å². The van der Waals surface area contributed by atoms with E-state index in [-0.39, 0.29) is 119 Å². The third-order valence-corrected chi connectivity index (χ3v) is 13.1. The second-order valence-corrected chi connectivity index (χ2v) is 18.8. The Hall–Kier alpha value is -6.86. The standard InChI is InChI=1S/C50H62FN7O19S/c51-78-20-9-39(64)53-10-16-73-18-19-74-17-15-58(25-41(66)54-24-40(65)55-45-35(62)23-50(52,49(71)72)77-47(45)46(69)36(63)26-59)43(68)28-75-27-42(67)56-11-13-57(14-12-56)48(70)32-4-2-1-3-31(32)44-33-7-5-29(60)21-37(33)76-38-22-30(61)6-8-34(38)44/h1-8,21-22,35-36,45-47,59-60,62-63,69H,9-20,23-28,52H2,(H,53,64)(H,54,66)(H,55,65)(H,71,72)/t35-,36+,45+,46+,47+,50+/m0/s1.